The third-order valence-electron chi connectivity index (χ3n) is 3.73. The van der Waals surface area contributed by atoms with Gasteiger partial charge in [-0.25, -0.2) is 0 Å². The fraction of sp³-hybridized carbons (Fsp3) is 0.412. The maximum Gasteiger partial charge on any atom is 0.127 e. The molecule has 0 saturated heterocycles. The van der Waals surface area contributed by atoms with Crippen LogP contribution in [-0.2, 0) is 6.42 Å². The molecule has 1 unspecified atom stereocenters. The van der Waals surface area contributed by atoms with Gasteiger partial charge in [-0.15, -0.1) is 11.3 Å². The van der Waals surface area contributed by atoms with E-state index < -0.39 is 0 Å². The summed E-state index contributed by atoms with van der Waals surface area (Å²) in [5.74, 6) is 1.08. The van der Waals surface area contributed by atoms with E-state index in [0.29, 0.717) is 0 Å². The van der Waals surface area contributed by atoms with Crippen molar-refractivity contribution in [3.63, 3.8) is 0 Å². The molecule has 0 aliphatic carbocycles. The van der Waals surface area contributed by atoms with Crippen molar-refractivity contribution >= 4 is 27.3 Å². The number of halogens is 1. The number of nitrogens with one attached hydrogen (secondary N) is 1. The minimum atomic E-state index is 0.216. The van der Waals surface area contributed by atoms with Gasteiger partial charge in [0.25, 0.3) is 0 Å². The topological polar surface area (TPSA) is 21.3 Å². The van der Waals surface area contributed by atoms with E-state index in [4.69, 9.17) is 4.74 Å². The summed E-state index contributed by atoms with van der Waals surface area (Å²) >= 11 is 5.51. The van der Waals surface area contributed by atoms with Crippen LogP contribution in [0.5, 0.6) is 5.75 Å². The first kappa shape index (κ1) is 15.1. The number of thiophene rings is 1. The Kier molecular flexibility index (Phi) is 4.67. The number of hydrogen-bond acceptors (Lipinski definition) is 3. The molecule has 1 aliphatic rings. The van der Waals surface area contributed by atoms with Crippen molar-refractivity contribution in [3.8, 4) is 5.75 Å². The van der Waals surface area contributed by atoms with Gasteiger partial charge in [0.05, 0.1) is 12.6 Å². The molecule has 2 heterocycles. The Balaban J connectivity index is 2.04. The second-order valence-electron chi connectivity index (χ2n) is 5.42. The van der Waals surface area contributed by atoms with E-state index in [9.17, 15) is 0 Å². The number of aryl methyl sites for hydroxylation is 1. The first-order valence-corrected chi connectivity index (χ1v) is 9.05. The highest BCUT2D eigenvalue weighted by molar-refractivity contribution is 9.10. The van der Waals surface area contributed by atoms with Crippen LogP contribution in [0, 0.1) is 6.92 Å². The Bertz CT molecular complexity index is 638. The highest BCUT2D eigenvalue weighted by Crippen LogP contribution is 2.40. The molecule has 0 saturated carbocycles. The molecule has 21 heavy (non-hydrogen) atoms. The van der Waals surface area contributed by atoms with Gasteiger partial charge in [0.15, 0.2) is 0 Å². The number of rotatable bonds is 5. The van der Waals surface area contributed by atoms with Crippen molar-refractivity contribution in [2.24, 2.45) is 0 Å². The summed E-state index contributed by atoms with van der Waals surface area (Å²) in [6, 6.07) is 9.03. The molecule has 0 fully saturated rings. The summed E-state index contributed by atoms with van der Waals surface area (Å²) in [6.07, 6.45) is 2.13. The van der Waals surface area contributed by atoms with E-state index in [0.717, 1.165) is 36.2 Å². The van der Waals surface area contributed by atoms with Crippen LogP contribution in [0.3, 0.4) is 0 Å². The standard InChI is InChI=1S/C17H20BrNOS/c1-3-7-19-16(15-5-4-11(2)21-15)14-10-13(18)9-12-6-8-20-17(12)14/h4-5,9-10,16,19H,3,6-8H2,1-2H3. The maximum atomic E-state index is 5.92. The van der Waals surface area contributed by atoms with Crippen molar-refractivity contribution in [2.75, 3.05) is 13.2 Å². The van der Waals surface area contributed by atoms with Crippen molar-refractivity contribution in [3.05, 3.63) is 49.6 Å². The van der Waals surface area contributed by atoms with Crippen molar-refractivity contribution in [1.82, 2.24) is 5.32 Å². The summed E-state index contributed by atoms with van der Waals surface area (Å²) in [4.78, 5) is 2.71. The Morgan fingerprint density at radius 3 is 2.95 bits per heavy atom. The first-order chi connectivity index (χ1) is 10.2. The number of benzene rings is 1. The van der Waals surface area contributed by atoms with Crippen LogP contribution in [0.15, 0.2) is 28.7 Å². The fourth-order valence-electron chi connectivity index (χ4n) is 2.77. The van der Waals surface area contributed by atoms with Crippen LogP contribution < -0.4 is 10.1 Å². The highest BCUT2D eigenvalue weighted by atomic mass is 79.9. The molecule has 112 valence electrons. The van der Waals surface area contributed by atoms with E-state index in [1.165, 1.54) is 20.9 Å². The van der Waals surface area contributed by atoms with Gasteiger partial charge < -0.3 is 10.1 Å². The quantitative estimate of drug-likeness (QED) is 0.817. The van der Waals surface area contributed by atoms with Crippen LogP contribution in [-0.4, -0.2) is 13.2 Å². The molecule has 0 spiro atoms. The van der Waals surface area contributed by atoms with Gasteiger partial charge in [-0.1, -0.05) is 22.9 Å². The molecule has 2 aromatic rings. The summed E-state index contributed by atoms with van der Waals surface area (Å²) < 4.78 is 7.05. The zero-order valence-corrected chi connectivity index (χ0v) is 14.8. The fourth-order valence-corrected chi connectivity index (χ4v) is 4.27. The minimum absolute atomic E-state index is 0.216. The second-order valence-corrected chi connectivity index (χ2v) is 7.65. The number of hydrogen-bond donors (Lipinski definition) is 1. The molecule has 1 atom stereocenters. The lowest BCUT2D eigenvalue weighted by molar-refractivity contribution is 0.350. The lowest BCUT2D eigenvalue weighted by Crippen LogP contribution is -2.23. The molecule has 4 heteroatoms. The molecule has 0 bridgehead atoms. The van der Waals surface area contributed by atoms with E-state index in [1.54, 1.807) is 0 Å². The SMILES string of the molecule is CCCNC(c1ccc(C)s1)c1cc(Br)cc2c1OCC2. The third kappa shape index (κ3) is 3.17. The van der Waals surface area contributed by atoms with Gasteiger partial charge in [0.1, 0.15) is 5.75 Å². The molecule has 0 amide bonds. The monoisotopic (exact) mass is 365 g/mol. The maximum absolute atomic E-state index is 5.92. The van der Waals surface area contributed by atoms with Crippen molar-refractivity contribution in [2.45, 2.75) is 32.7 Å². The summed E-state index contributed by atoms with van der Waals surface area (Å²) in [6.45, 7) is 6.16. The molecule has 3 rings (SSSR count). The Morgan fingerprint density at radius 2 is 2.24 bits per heavy atom. The predicted octanol–water partition coefficient (Wildman–Crippen LogP) is 4.84. The number of fused-ring (bicyclic) bond motifs is 1. The third-order valence-corrected chi connectivity index (χ3v) is 5.26. The number of ether oxygens (including phenoxy) is 1. The minimum Gasteiger partial charge on any atom is -0.493 e. The molecule has 1 aromatic carbocycles. The van der Waals surface area contributed by atoms with Crippen LogP contribution in [0.2, 0.25) is 0 Å². The summed E-state index contributed by atoms with van der Waals surface area (Å²) in [7, 11) is 0. The normalized spacial score (nSPS) is 14.8. The highest BCUT2D eigenvalue weighted by Gasteiger charge is 2.25. The van der Waals surface area contributed by atoms with Gasteiger partial charge in [0.2, 0.25) is 0 Å². The van der Waals surface area contributed by atoms with Gasteiger partial charge in [0, 0.05) is 26.2 Å². The van der Waals surface area contributed by atoms with Crippen molar-refractivity contribution in [1.29, 1.82) is 0 Å². The lowest BCUT2D eigenvalue weighted by atomic mass is 10.0. The Hall–Kier alpha value is -0.840. The van der Waals surface area contributed by atoms with Gasteiger partial charge in [-0.05, 0) is 49.7 Å². The average Bonchev–Trinajstić information content (AvgIpc) is 3.08. The van der Waals surface area contributed by atoms with Crippen LogP contribution >= 0.6 is 27.3 Å². The van der Waals surface area contributed by atoms with Crippen LogP contribution in [0.1, 0.15) is 40.3 Å². The predicted molar refractivity (Wildman–Crippen MR) is 92.5 cm³/mol. The molecule has 1 aromatic heterocycles. The van der Waals surface area contributed by atoms with Crippen LogP contribution in [0.4, 0.5) is 0 Å². The smallest absolute Gasteiger partial charge is 0.127 e. The average molecular weight is 366 g/mol. The molecule has 1 N–H and O–H groups in total. The lowest BCUT2D eigenvalue weighted by Gasteiger charge is -2.20. The summed E-state index contributed by atoms with van der Waals surface area (Å²) in [5.41, 5.74) is 2.57. The van der Waals surface area contributed by atoms with E-state index in [2.05, 4.69) is 59.4 Å². The molecular weight excluding hydrogens is 346 g/mol. The van der Waals surface area contributed by atoms with Gasteiger partial charge in [-0.2, -0.15) is 0 Å². The summed E-state index contributed by atoms with van der Waals surface area (Å²) in [5, 5.41) is 3.68. The molecule has 1 aliphatic heterocycles. The van der Waals surface area contributed by atoms with E-state index in [1.807, 2.05) is 11.3 Å². The van der Waals surface area contributed by atoms with E-state index in [-0.39, 0.29) is 6.04 Å². The second kappa shape index (κ2) is 6.51. The Labute approximate surface area is 138 Å². The molecular formula is C17H20BrNOS. The zero-order chi connectivity index (χ0) is 14.8. The molecule has 2 nitrogen and oxygen atoms in total. The van der Waals surface area contributed by atoms with Gasteiger partial charge in [-0.3, -0.25) is 0 Å². The van der Waals surface area contributed by atoms with E-state index >= 15 is 0 Å². The zero-order valence-electron chi connectivity index (χ0n) is 12.4. The largest absolute Gasteiger partial charge is 0.493 e. The first-order valence-electron chi connectivity index (χ1n) is 7.44. The van der Waals surface area contributed by atoms with Crippen LogP contribution in [0.25, 0.3) is 0 Å². The van der Waals surface area contributed by atoms with Gasteiger partial charge >= 0.3 is 0 Å². The molecule has 0 radical (unpaired) electrons. The van der Waals surface area contributed by atoms with Crippen molar-refractivity contribution < 1.29 is 4.74 Å². The Morgan fingerprint density at radius 1 is 1.38 bits per heavy atom.